The molecule has 0 spiro atoms. The molecule has 2 aromatic rings. The van der Waals surface area contributed by atoms with Crippen LogP contribution < -0.4 is 5.32 Å². The Labute approximate surface area is 143 Å². The molecule has 1 N–H and O–H groups in total. The predicted octanol–water partition coefficient (Wildman–Crippen LogP) is 2.76. The first-order valence-electron chi connectivity index (χ1n) is 7.07. The number of carbonyl (C=O) groups is 1. The van der Waals surface area contributed by atoms with Crippen LogP contribution in [0.5, 0.6) is 0 Å². The topological polar surface area (TPSA) is 45.2 Å². The zero-order chi connectivity index (χ0) is 13.9. The van der Waals surface area contributed by atoms with Crippen LogP contribution in [0.2, 0.25) is 0 Å². The number of amides is 1. The lowest BCUT2D eigenvalue weighted by atomic mass is 10.1. The maximum absolute atomic E-state index is 12.7. The van der Waals surface area contributed by atoms with Gasteiger partial charge in [0.25, 0.3) is 5.91 Å². The lowest BCUT2D eigenvalue weighted by Gasteiger charge is -2.17. The molecule has 1 unspecified atom stereocenters. The van der Waals surface area contributed by atoms with Crippen LogP contribution in [0.1, 0.15) is 16.8 Å². The third kappa shape index (κ3) is 3.69. The van der Waals surface area contributed by atoms with Crippen molar-refractivity contribution in [2.75, 3.05) is 26.7 Å². The summed E-state index contributed by atoms with van der Waals surface area (Å²) in [6.07, 6.45) is 2.84. The molecule has 0 aliphatic carbocycles. The first-order chi connectivity index (χ1) is 9.79. The van der Waals surface area contributed by atoms with Crippen molar-refractivity contribution in [3.63, 3.8) is 0 Å². The normalized spacial score (nSPS) is 17.0. The SMILES string of the molecule is CNCC1CCN(C(=O)c2cccc3ncccc23)C1.Cl.Cl. The first-order valence-corrected chi connectivity index (χ1v) is 7.07. The highest BCUT2D eigenvalue weighted by Gasteiger charge is 2.27. The largest absolute Gasteiger partial charge is 0.338 e. The van der Waals surface area contributed by atoms with Crippen LogP contribution in [0.15, 0.2) is 36.5 Å². The summed E-state index contributed by atoms with van der Waals surface area (Å²) in [4.78, 5) is 19.0. The Morgan fingerprint density at radius 2 is 2.14 bits per heavy atom. The molecule has 1 amide bonds. The number of benzene rings is 1. The number of hydrogen-bond donors (Lipinski definition) is 1. The van der Waals surface area contributed by atoms with Crippen LogP contribution in [0.4, 0.5) is 0 Å². The van der Waals surface area contributed by atoms with E-state index in [4.69, 9.17) is 0 Å². The van der Waals surface area contributed by atoms with Gasteiger partial charge < -0.3 is 10.2 Å². The highest BCUT2D eigenvalue weighted by molar-refractivity contribution is 6.06. The lowest BCUT2D eigenvalue weighted by molar-refractivity contribution is 0.0789. The van der Waals surface area contributed by atoms with Gasteiger partial charge in [-0.15, -0.1) is 24.8 Å². The van der Waals surface area contributed by atoms with Crippen LogP contribution >= 0.6 is 24.8 Å². The quantitative estimate of drug-likeness (QED) is 0.933. The van der Waals surface area contributed by atoms with E-state index in [0.29, 0.717) is 5.92 Å². The summed E-state index contributed by atoms with van der Waals surface area (Å²) >= 11 is 0. The van der Waals surface area contributed by atoms with Gasteiger partial charge in [-0.3, -0.25) is 9.78 Å². The molecular weight excluding hydrogens is 321 g/mol. The molecule has 6 heteroatoms. The van der Waals surface area contributed by atoms with Crippen LogP contribution in [-0.4, -0.2) is 42.5 Å². The third-order valence-electron chi connectivity index (χ3n) is 3.94. The predicted molar refractivity (Wildman–Crippen MR) is 94.2 cm³/mol. The number of nitrogens with zero attached hydrogens (tertiary/aromatic N) is 2. The van der Waals surface area contributed by atoms with Gasteiger partial charge in [-0.05, 0) is 44.1 Å². The molecule has 0 radical (unpaired) electrons. The minimum atomic E-state index is 0. The first kappa shape index (κ1) is 18.7. The summed E-state index contributed by atoms with van der Waals surface area (Å²) < 4.78 is 0. The zero-order valence-electron chi connectivity index (χ0n) is 12.5. The molecule has 22 heavy (non-hydrogen) atoms. The second-order valence-corrected chi connectivity index (χ2v) is 5.34. The number of halogens is 2. The molecule has 120 valence electrons. The minimum absolute atomic E-state index is 0. The van der Waals surface area contributed by atoms with Gasteiger partial charge in [-0.1, -0.05) is 12.1 Å². The maximum atomic E-state index is 12.7. The van der Waals surface area contributed by atoms with Crippen molar-refractivity contribution in [2.45, 2.75) is 6.42 Å². The molecular formula is C16H21Cl2N3O. The van der Waals surface area contributed by atoms with E-state index >= 15 is 0 Å². The lowest BCUT2D eigenvalue weighted by Crippen LogP contribution is -2.30. The number of fused-ring (bicyclic) bond motifs is 1. The van der Waals surface area contributed by atoms with Gasteiger partial charge in [0, 0.05) is 30.2 Å². The second kappa shape index (κ2) is 8.32. The van der Waals surface area contributed by atoms with Crippen molar-refractivity contribution in [1.82, 2.24) is 15.2 Å². The molecule has 3 rings (SSSR count). The van der Waals surface area contributed by atoms with E-state index in [2.05, 4.69) is 10.3 Å². The fourth-order valence-corrected chi connectivity index (χ4v) is 2.93. The Balaban J connectivity index is 0.00000121. The van der Waals surface area contributed by atoms with Crippen LogP contribution in [0.3, 0.4) is 0 Å². The highest BCUT2D eigenvalue weighted by Crippen LogP contribution is 2.22. The maximum Gasteiger partial charge on any atom is 0.254 e. The molecule has 1 aromatic heterocycles. The molecule has 1 aliphatic rings. The number of pyridine rings is 1. The Morgan fingerprint density at radius 1 is 1.32 bits per heavy atom. The van der Waals surface area contributed by atoms with Crippen molar-refractivity contribution in [3.05, 3.63) is 42.1 Å². The van der Waals surface area contributed by atoms with Crippen molar-refractivity contribution < 1.29 is 4.79 Å². The summed E-state index contributed by atoms with van der Waals surface area (Å²) in [5.41, 5.74) is 1.64. The fourth-order valence-electron chi connectivity index (χ4n) is 2.93. The highest BCUT2D eigenvalue weighted by atomic mass is 35.5. The van der Waals surface area contributed by atoms with E-state index in [0.717, 1.165) is 42.5 Å². The average molecular weight is 342 g/mol. The van der Waals surface area contributed by atoms with Crippen molar-refractivity contribution >= 4 is 41.6 Å². The van der Waals surface area contributed by atoms with E-state index in [-0.39, 0.29) is 30.7 Å². The average Bonchev–Trinajstić information content (AvgIpc) is 2.95. The number of aromatic nitrogens is 1. The molecule has 1 atom stereocenters. The van der Waals surface area contributed by atoms with Crippen molar-refractivity contribution in [1.29, 1.82) is 0 Å². The van der Waals surface area contributed by atoms with Gasteiger partial charge in [-0.25, -0.2) is 0 Å². The summed E-state index contributed by atoms with van der Waals surface area (Å²) in [5, 5.41) is 4.13. The number of likely N-dealkylation sites (tertiary alicyclic amines) is 1. The Morgan fingerprint density at radius 3 is 2.91 bits per heavy atom. The van der Waals surface area contributed by atoms with Crippen LogP contribution in [-0.2, 0) is 0 Å². The van der Waals surface area contributed by atoms with Gasteiger partial charge in [0.1, 0.15) is 0 Å². The van der Waals surface area contributed by atoms with Crippen LogP contribution in [0.25, 0.3) is 10.9 Å². The van der Waals surface area contributed by atoms with E-state index in [1.54, 1.807) is 6.20 Å². The fraction of sp³-hybridized carbons (Fsp3) is 0.375. The molecule has 1 fully saturated rings. The van der Waals surface area contributed by atoms with Gasteiger partial charge in [0.05, 0.1) is 5.52 Å². The number of hydrogen-bond acceptors (Lipinski definition) is 3. The van der Waals surface area contributed by atoms with Gasteiger partial charge in [0.2, 0.25) is 0 Å². The summed E-state index contributed by atoms with van der Waals surface area (Å²) in [7, 11) is 1.96. The van der Waals surface area contributed by atoms with Crippen molar-refractivity contribution in [3.8, 4) is 0 Å². The zero-order valence-corrected chi connectivity index (χ0v) is 14.1. The Kier molecular flexibility index (Phi) is 7.07. The van der Waals surface area contributed by atoms with Crippen LogP contribution in [0, 0.1) is 5.92 Å². The second-order valence-electron chi connectivity index (χ2n) is 5.34. The minimum Gasteiger partial charge on any atom is -0.338 e. The number of nitrogens with one attached hydrogen (secondary N) is 1. The van der Waals surface area contributed by atoms with Gasteiger partial charge >= 0.3 is 0 Å². The van der Waals surface area contributed by atoms with Gasteiger partial charge in [-0.2, -0.15) is 0 Å². The molecule has 0 bridgehead atoms. The van der Waals surface area contributed by atoms with E-state index in [1.165, 1.54) is 0 Å². The molecule has 1 aromatic carbocycles. The van der Waals surface area contributed by atoms with E-state index in [1.807, 2.05) is 42.3 Å². The Hall–Kier alpha value is -1.36. The monoisotopic (exact) mass is 341 g/mol. The summed E-state index contributed by atoms with van der Waals surface area (Å²) in [5.74, 6) is 0.694. The molecule has 2 heterocycles. The Bertz CT molecular complexity index is 630. The standard InChI is InChI=1S/C16H19N3O.2ClH/c1-17-10-12-7-9-19(11-12)16(20)14-4-2-6-15-13(14)5-3-8-18-15;;/h2-6,8,12,17H,7,9-11H2,1H3;2*1H. The summed E-state index contributed by atoms with van der Waals surface area (Å²) in [6.45, 7) is 2.67. The van der Waals surface area contributed by atoms with Crippen molar-refractivity contribution in [2.24, 2.45) is 5.92 Å². The number of carbonyl (C=O) groups excluding carboxylic acids is 1. The molecule has 1 aliphatic heterocycles. The molecule has 0 saturated carbocycles. The summed E-state index contributed by atoms with van der Waals surface area (Å²) in [6, 6.07) is 9.60. The van der Waals surface area contributed by atoms with Gasteiger partial charge in [0.15, 0.2) is 0 Å². The molecule has 1 saturated heterocycles. The van der Waals surface area contributed by atoms with E-state index in [9.17, 15) is 4.79 Å². The smallest absolute Gasteiger partial charge is 0.254 e. The molecule has 4 nitrogen and oxygen atoms in total. The third-order valence-corrected chi connectivity index (χ3v) is 3.94. The number of rotatable bonds is 3. The van der Waals surface area contributed by atoms with E-state index < -0.39 is 0 Å².